The van der Waals surface area contributed by atoms with E-state index in [2.05, 4.69) is 36.5 Å². The molecule has 1 N–H and O–H groups in total. The second-order valence-electron chi connectivity index (χ2n) is 4.85. The number of benzene rings is 2. The molecule has 0 bridgehead atoms. The van der Waals surface area contributed by atoms with Gasteiger partial charge in [0.05, 0.1) is 6.04 Å². The molecule has 0 fully saturated rings. The first-order valence-electron chi connectivity index (χ1n) is 7.31. The Balaban J connectivity index is 1.78. The number of hydrogen-bond donors (Lipinski definition) is 1. The van der Waals surface area contributed by atoms with Crippen LogP contribution in [0.25, 0.3) is 0 Å². The van der Waals surface area contributed by atoms with Crippen LogP contribution in [0.4, 0.5) is 0 Å². The second-order valence-corrected chi connectivity index (χ2v) is 6.02. The summed E-state index contributed by atoms with van der Waals surface area (Å²) >= 11 is 1.72. The van der Waals surface area contributed by atoms with E-state index in [-0.39, 0.29) is 11.9 Å². The summed E-state index contributed by atoms with van der Waals surface area (Å²) in [5.41, 5.74) is 1.17. The molecule has 0 spiro atoms. The normalized spacial score (nSPS) is 11.9. The first kappa shape index (κ1) is 15.6. The van der Waals surface area contributed by atoms with Crippen LogP contribution in [0.1, 0.15) is 31.4 Å². The smallest absolute Gasteiger partial charge is 0.221 e. The van der Waals surface area contributed by atoms with E-state index in [1.165, 1.54) is 10.5 Å². The van der Waals surface area contributed by atoms with Crippen LogP contribution in [0.15, 0.2) is 65.6 Å². The molecule has 1 unspecified atom stereocenters. The summed E-state index contributed by atoms with van der Waals surface area (Å²) in [6, 6.07) is 20.4. The summed E-state index contributed by atoms with van der Waals surface area (Å²) in [7, 11) is 0. The van der Waals surface area contributed by atoms with Gasteiger partial charge >= 0.3 is 0 Å². The van der Waals surface area contributed by atoms with Crippen molar-refractivity contribution in [1.29, 1.82) is 0 Å². The van der Waals surface area contributed by atoms with Gasteiger partial charge in [-0.15, -0.1) is 11.8 Å². The second kappa shape index (κ2) is 8.53. The van der Waals surface area contributed by atoms with Crippen LogP contribution < -0.4 is 5.32 Å². The van der Waals surface area contributed by atoms with E-state index in [1.807, 2.05) is 36.4 Å². The van der Waals surface area contributed by atoms with E-state index in [0.717, 1.165) is 12.2 Å². The maximum Gasteiger partial charge on any atom is 0.221 e. The van der Waals surface area contributed by atoms with Crippen molar-refractivity contribution in [3.63, 3.8) is 0 Å². The highest BCUT2D eigenvalue weighted by Gasteiger charge is 2.11. The van der Waals surface area contributed by atoms with Crippen LogP contribution >= 0.6 is 11.8 Å². The number of thioether (sulfide) groups is 1. The average Bonchev–Trinajstić information content (AvgIpc) is 2.54. The Morgan fingerprint density at radius 3 is 2.29 bits per heavy atom. The van der Waals surface area contributed by atoms with Crippen molar-refractivity contribution in [2.45, 2.75) is 30.7 Å². The highest BCUT2D eigenvalue weighted by Crippen LogP contribution is 2.19. The molecule has 0 saturated heterocycles. The van der Waals surface area contributed by atoms with Gasteiger partial charge in [-0.1, -0.05) is 55.5 Å². The minimum Gasteiger partial charge on any atom is -0.349 e. The van der Waals surface area contributed by atoms with E-state index in [4.69, 9.17) is 0 Å². The standard InChI is InChI=1S/C18H21NOS/c1-2-17(15-9-5-3-6-10-15)19-18(20)13-14-21-16-11-7-4-8-12-16/h3-12,17H,2,13-14H2,1H3,(H,19,20). The molecule has 0 aliphatic heterocycles. The lowest BCUT2D eigenvalue weighted by molar-refractivity contribution is -0.121. The fraction of sp³-hybridized carbons (Fsp3) is 0.278. The van der Waals surface area contributed by atoms with E-state index in [0.29, 0.717) is 6.42 Å². The fourth-order valence-electron chi connectivity index (χ4n) is 2.15. The van der Waals surface area contributed by atoms with Crippen molar-refractivity contribution in [2.75, 3.05) is 5.75 Å². The molecule has 0 aliphatic carbocycles. The monoisotopic (exact) mass is 299 g/mol. The number of nitrogens with one attached hydrogen (secondary N) is 1. The van der Waals surface area contributed by atoms with E-state index in [9.17, 15) is 4.79 Å². The van der Waals surface area contributed by atoms with Crippen LogP contribution in [0, 0.1) is 0 Å². The van der Waals surface area contributed by atoms with Crippen LogP contribution in [-0.2, 0) is 4.79 Å². The molecule has 110 valence electrons. The lowest BCUT2D eigenvalue weighted by atomic mass is 10.0. The van der Waals surface area contributed by atoms with E-state index >= 15 is 0 Å². The summed E-state index contributed by atoms with van der Waals surface area (Å²) in [6.45, 7) is 2.09. The zero-order valence-corrected chi connectivity index (χ0v) is 13.1. The lowest BCUT2D eigenvalue weighted by Crippen LogP contribution is -2.28. The molecule has 0 aliphatic rings. The van der Waals surface area contributed by atoms with Gasteiger partial charge in [0.1, 0.15) is 0 Å². The van der Waals surface area contributed by atoms with E-state index in [1.54, 1.807) is 11.8 Å². The number of amides is 1. The van der Waals surface area contributed by atoms with Crippen molar-refractivity contribution in [3.05, 3.63) is 66.2 Å². The summed E-state index contributed by atoms with van der Waals surface area (Å²) in [5.74, 6) is 0.926. The highest BCUT2D eigenvalue weighted by atomic mass is 32.2. The van der Waals surface area contributed by atoms with Gasteiger partial charge in [-0.2, -0.15) is 0 Å². The van der Waals surface area contributed by atoms with Crippen molar-refractivity contribution in [3.8, 4) is 0 Å². The Bertz CT molecular complexity index is 542. The van der Waals surface area contributed by atoms with Gasteiger partial charge in [-0.05, 0) is 24.1 Å². The summed E-state index contributed by atoms with van der Waals surface area (Å²) in [6.07, 6.45) is 1.45. The van der Waals surface area contributed by atoms with Gasteiger partial charge in [-0.25, -0.2) is 0 Å². The average molecular weight is 299 g/mol. The Kier molecular flexibility index (Phi) is 6.35. The molecule has 0 saturated carbocycles. The van der Waals surface area contributed by atoms with Gasteiger partial charge in [0.25, 0.3) is 0 Å². The molecule has 2 aromatic carbocycles. The van der Waals surface area contributed by atoms with Gasteiger partial charge in [0, 0.05) is 17.1 Å². The topological polar surface area (TPSA) is 29.1 Å². The molecule has 2 nitrogen and oxygen atoms in total. The fourth-order valence-corrected chi connectivity index (χ4v) is 3.02. The van der Waals surface area contributed by atoms with Crippen LogP contribution in [0.2, 0.25) is 0 Å². The third-order valence-corrected chi connectivity index (χ3v) is 4.30. The number of carbonyl (C=O) groups excluding carboxylic acids is 1. The lowest BCUT2D eigenvalue weighted by Gasteiger charge is -2.17. The predicted octanol–water partition coefficient (Wildman–Crippen LogP) is 4.44. The third-order valence-electron chi connectivity index (χ3n) is 3.29. The van der Waals surface area contributed by atoms with Gasteiger partial charge in [0.2, 0.25) is 5.91 Å². The molecule has 0 radical (unpaired) electrons. The molecule has 2 rings (SSSR count). The molecular formula is C18H21NOS. The van der Waals surface area contributed by atoms with Crippen LogP contribution in [-0.4, -0.2) is 11.7 Å². The number of hydrogen-bond acceptors (Lipinski definition) is 2. The van der Waals surface area contributed by atoms with Gasteiger partial charge in [-0.3, -0.25) is 4.79 Å². The molecule has 3 heteroatoms. The van der Waals surface area contributed by atoms with Crippen molar-refractivity contribution in [2.24, 2.45) is 0 Å². The maximum atomic E-state index is 12.1. The van der Waals surface area contributed by atoms with Gasteiger partial charge < -0.3 is 5.32 Å². The highest BCUT2D eigenvalue weighted by molar-refractivity contribution is 7.99. The van der Waals surface area contributed by atoms with Crippen molar-refractivity contribution < 1.29 is 4.79 Å². The largest absolute Gasteiger partial charge is 0.349 e. The molecular weight excluding hydrogens is 278 g/mol. The minimum atomic E-state index is 0.112. The maximum absolute atomic E-state index is 12.1. The Morgan fingerprint density at radius 1 is 1.05 bits per heavy atom. The summed E-state index contributed by atoms with van der Waals surface area (Å²) < 4.78 is 0. The Hall–Kier alpha value is -1.74. The SMILES string of the molecule is CCC(NC(=O)CCSc1ccccc1)c1ccccc1. The Morgan fingerprint density at radius 2 is 1.67 bits per heavy atom. The van der Waals surface area contributed by atoms with Crippen molar-refractivity contribution >= 4 is 17.7 Å². The molecule has 21 heavy (non-hydrogen) atoms. The summed E-state index contributed by atoms with van der Waals surface area (Å²) in [4.78, 5) is 13.3. The predicted molar refractivity (Wildman–Crippen MR) is 89.4 cm³/mol. The van der Waals surface area contributed by atoms with Crippen LogP contribution in [0.3, 0.4) is 0 Å². The van der Waals surface area contributed by atoms with E-state index < -0.39 is 0 Å². The minimum absolute atomic E-state index is 0.112. The number of carbonyl (C=O) groups is 1. The third kappa shape index (κ3) is 5.27. The molecule has 1 atom stereocenters. The van der Waals surface area contributed by atoms with Gasteiger partial charge in [0.15, 0.2) is 0 Å². The van der Waals surface area contributed by atoms with Crippen LogP contribution in [0.5, 0.6) is 0 Å². The zero-order chi connectivity index (χ0) is 14.9. The van der Waals surface area contributed by atoms with Crippen molar-refractivity contribution in [1.82, 2.24) is 5.32 Å². The quantitative estimate of drug-likeness (QED) is 0.766. The zero-order valence-electron chi connectivity index (χ0n) is 12.3. The molecule has 2 aromatic rings. The number of rotatable bonds is 7. The molecule has 0 aromatic heterocycles. The molecule has 1 amide bonds. The first-order valence-corrected chi connectivity index (χ1v) is 8.30. The Labute approximate surface area is 131 Å². The molecule has 0 heterocycles. The summed E-state index contributed by atoms with van der Waals surface area (Å²) in [5, 5.41) is 3.12. The first-order chi connectivity index (χ1) is 10.3.